The summed E-state index contributed by atoms with van der Waals surface area (Å²) in [5, 5.41) is 1.79. The van der Waals surface area contributed by atoms with Gasteiger partial charge in [0.05, 0.1) is 20.8 Å². The Kier molecular flexibility index (Phi) is 4.07. The van der Waals surface area contributed by atoms with Gasteiger partial charge in [0, 0.05) is 11.1 Å². The van der Waals surface area contributed by atoms with E-state index in [-0.39, 0.29) is 12.4 Å². The van der Waals surface area contributed by atoms with Gasteiger partial charge >= 0.3 is 0 Å². The maximum absolute atomic E-state index is 5.81. The fourth-order valence-corrected chi connectivity index (χ4v) is 3.22. The van der Waals surface area contributed by atoms with Crippen LogP contribution in [0.4, 0.5) is 0 Å². The minimum Gasteiger partial charge on any atom is -0.496 e. The van der Waals surface area contributed by atoms with Gasteiger partial charge in [-0.05, 0) is 31.6 Å². The zero-order chi connectivity index (χ0) is 11.8. The Labute approximate surface area is 114 Å². The zero-order valence-electron chi connectivity index (χ0n) is 10.9. The lowest BCUT2D eigenvalue weighted by Gasteiger charge is -2.40. The first-order valence-electron chi connectivity index (χ1n) is 6.30. The molecule has 0 radical (unpaired) electrons. The Morgan fingerprint density at radius 3 is 2.83 bits per heavy atom. The number of hydrogen-bond donors (Lipinski definition) is 0. The van der Waals surface area contributed by atoms with Crippen molar-refractivity contribution in [2.24, 2.45) is 5.92 Å². The first kappa shape index (κ1) is 13.6. The lowest BCUT2D eigenvalue weighted by molar-refractivity contribution is -0.142. The standard InChI is InChI=1S/C13H19NO3.ClH/c1-15-13-10-5-3-4-9-6-7-17-11(12(9)10)8-14(13)16-2;/h9H,3-8H2,1-2H3;1H. The lowest BCUT2D eigenvalue weighted by Crippen LogP contribution is -2.37. The van der Waals surface area contributed by atoms with Crippen molar-refractivity contribution >= 4 is 12.4 Å². The second-order valence-corrected chi connectivity index (χ2v) is 4.77. The van der Waals surface area contributed by atoms with Crippen LogP contribution in [0, 0.1) is 5.92 Å². The molecular weight excluding hydrogens is 254 g/mol. The van der Waals surface area contributed by atoms with E-state index < -0.39 is 0 Å². The quantitative estimate of drug-likeness (QED) is 0.774. The summed E-state index contributed by atoms with van der Waals surface area (Å²) in [7, 11) is 3.39. The third kappa shape index (κ3) is 1.97. The van der Waals surface area contributed by atoms with Crippen molar-refractivity contribution in [3.63, 3.8) is 0 Å². The molecule has 1 aliphatic carbocycles. The summed E-state index contributed by atoms with van der Waals surface area (Å²) in [5.74, 6) is 2.65. The molecule has 18 heavy (non-hydrogen) atoms. The number of allylic oxidation sites excluding steroid dienone is 2. The molecule has 2 heterocycles. The van der Waals surface area contributed by atoms with Crippen LogP contribution >= 0.6 is 12.4 Å². The molecule has 3 aliphatic rings. The van der Waals surface area contributed by atoms with Crippen molar-refractivity contribution in [3.05, 3.63) is 22.8 Å². The number of nitrogens with zero attached hydrogens (tertiary/aromatic N) is 1. The fourth-order valence-electron chi connectivity index (χ4n) is 3.22. The van der Waals surface area contributed by atoms with Crippen LogP contribution < -0.4 is 0 Å². The maximum Gasteiger partial charge on any atom is 0.217 e. The molecule has 0 N–H and O–H groups in total. The molecule has 0 aromatic carbocycles. The molecule has 1 saturated carbocycles. The summed E-state index contributed by atoms with van der Waals surface area (Å²) in [6.45, 7) is 1.52. The highest BCUT2D eigenvalue weighted by Gasteiger charge is 2.37. The molecule has 1 atom stereocenters. The minimum absolute atomic E-state index is 0. The molecule has 0 spiro atoms. The summed E-state index contributed by atoms with van der Waals surface area (Å²) in [6, 6.07) is 0. The van der Waals surface area contributed by atoms with Crippen molar-refractivity contribution in [1.82, 2.24) is 5.06 Å². The Bertz CT molecular complexity index is 392. The van der Waals surface area contributed by atoms with E-state index in [2.05, 4.69) is 0 Å². The van der Waals surface area contributed by atoms with E-state index in [1.54, 1.807) is 19.3 Å². The van der Waals surface area contributed by atoms with Crippen molar-refractivity contribution in [2.45, 2.75) is 25.7 Å². The molecule has 0 bridgehead atoms. The second-order valence-electron chi connectivity index (χ2n) is 4.77. The van der Waals surface area contributed by atoms with Crippen molar-refractivity contribution < 1.29 is 14.3 Å². The predicted molar refractivity (Wildman–Crippen MR) is 69.9 cm³/mol. The first-order valence-corrected chi connectivity index (χ1v) is 6.30. The molecule has 1 fully saturated rings. The largest absolute Gasteiger partial charge is 0.496 e. The zero-order valence-corrected chi connectivity index (χ0v) is 11.7. The predicted octanol–water partition coefficient (Wildman–Crippen LogP) is 2.62. The van der Waals surface area contributed by atoms with E-state index in [9.17, 15) is 0 Å². The van der Waals surface area contributed by atoms with Gasteiger partial charge in [-0.15, -0.1) is 12.4 Å². The third-order valence-corrected chi connectivity index (χ3v) is 3.94. The SMILES string of the molecule is COC1=C2CCCC3CCOC(=C23)CN1OC.Cl. The van der Waals surface area contributed by atoms with Gasteiger partial charge in [-0.2, -0.15) is 0 Å². The molecule has 0 saturated heterocycles. The minimum atomic E-state index is 0. The number of halogens is 1. The van der Waals surface area contributed by atoms with Gasteiger partial charge in [-0.1, -0.05) is 0 Å². The van der Waals surface area contributed by atoms with E-state index in [0.717, 1.165) is 31.1 Å². The van der Waals surface area contributed by atoms with E-state index in [4.69, 9.17) is 14.3 Å². The Balaban J connectivity index is 0.00000120. The number of rotatable bonds is 2. The van der Waals surface area contributed by atoms with Crippen LogP contribution in [0.3, 0.4) is 0 Å². The number of hydroxylamine groups is 2. The van der Waals surface area contributed by atoms with Gasteiger partial charge in [-0.3, -0.25) is 4.84 Å². The molecular formula is C13H20ClNO3. The molecule has 3 rings (SSSR count). The van der Waals surface area contributed by atoms with Crippen LogP contribution in [0.1, 0.15) is 25.7 Å². The summed E-state index contributed by atoms with van der Waals surface area (Å²) in [5.41, 5.74) is 2.71. The Morgan fingerprint density at radius 1 is 1.28 bits per heavy atom. The van der Waals surface area contributed by atoms with E-state index in [0.29, 0.717) is 12.5 Å². The first-order chi connectivity index (χ1) is 8.35. The van der Waals surface area contributed by atoms with Crippen LogP contribution in [-0.2, 0) is 14.3 Å². The molecule has 2 aliphatic heterocycles. The smallest absolute Gasteiger partial charge is 0.217 e. The van der Waals surface area contributed by atoms with Crippen LogP contribution in [0.25, 0.3) is 0 Å². The van der Waals surface area contributed by atoms with Gasteiger partial charge < -0.3 is 9.47 Å². The van der Waals surface area contributed by atoms with Crippen molar-refractivity contribution in [3.8, 4) is 0 Å². The van der Waals surface area contributed by atoms with Gasteiger partial charge in [0.2, 0.25) is 5.88 Å². The normalized spacial score (nSPS) is 26.3. The molecule has 4 nitrogen and oxygen atoms in total. The summed E-state index contributed by atoms with van der Waals surface area (Å²) in [4.78, 5) is 5.37. The highest BCUT2D eigenvalue weighted by atomic mass is 35.5. The summed E-state index contributed by atoms with van der Waals surface area (Å²) in [6.07, 6.45) is 4.74. The molecule has 5 heteroatoms. The summed E-state index contributed by atoms with van der Waals surface area (Å²) < 4.78 is 11.3. The van der Waals surface area contributed by atoms with Crippen LogP contribution in [0.5, 0.6) is 0 Å². The maximum atomic E-state index is 5.81. The highest BCUT2D eigenvalue weighted by molar-refractivity contribution is 5.85. The third-order valence-electron chi connectivity index (χ3n) is 3.94. The highest BCUT2D eigenvalue weighted by Crippen LogP contribution is 2.45. The van der Waals surface area contributed by atoms with Gasteiger partial charge in [0.1, 0.15) is 12.3 Å². The Morgan fingerprint density at radius 2 is 2.11 bits per heavy atom. The second kappa shape index (κ2) is 5.41. The monoisotopic (exact) mass is 273 g/mol. The van der Waals surface area contributed by atoms with Gasteiger partial charge in [-0.25, -0.2) is 5.06 Å². The Hall–Kier alpha value is -0.870. The topological polar surface area (TPSA) is 30.9 Å². The van der Waals surface area contributed by atoms with E-state index >= 15 is 0 Å². The van der Waals surface area contributed by atoms with Crippen LogP contribution in [0.2, 0.25) is 0 Å². The molecule has 0 aromatic rings. The van der Waals surface area contributed by atoms with E-state index in [1.807, 2.05) is 0 Å². The fraction of sp³-hybridized carbons (Fsp3) is 0.692. The number of hydrogen-bond acceptors (Lipinski definition) is 4. The average Bonchev–Trinajstić information content (AvgIpc) is 2.39. The van der Waals surface area contributed by atoms with Crippen molar-refractivity contribution in [2.75, 3.05) is 27.4 Å². The molecule has 1 unspecified atom stereocenters. The van der Waals surface area contributed by atoms with Crippen LogP contribution in [0.15, 0.2) is 22.8 Å². The van der Waals surface area contributed by atoms with Gasteiger partial charge in [0.15, 0.2) is 0 Å². The summed E-state index contributed by atoms with van der Waals surface area (Å²) >= 11 is 0. The number of methoxy groups -OCH3 is 1. The molecule has 0 amide bonds. The van der Waals surface area contributed by atoms with Gasteiger partial charge in [0.25, 0.3) is 0 Å². The van der Waals surface area contributed by atoms with E-state index in [1.165, 1.54) is 24.0 Å². The number of ether oxygens (including phenoxy) is 2. The van der Waals surface area contributed by atoms with Crippen LogP contribution in [-0.4, -0.2) is 32.4 Å². The molecule has 0 aromatic heterocycles. The molecule has 102 valence electrons. The lowest BCUT2D eigenvalue weighted by atomic mass is 9.76. The average molecular weight is 274 g/mol. The van der Waals surface area contributed by atoms with Crippen molar-refractivity contribution in [1.29, 1.82) is 0 Å².